The first-order valence-corrected chi connectivity index (χ1v) is 12.6. The van der Waals surface area contributed by atoms with Gasteiger partial charge in [0.05, 0.1) is 11.9 Å². The molecule has 4 aromatic rings. The second-order valence-corrected chi connectivity index (χ2v) is 9.43. The molecule has 0 fully saturated rings. The number of benzene rings is 2. The molecule has 7 nitrogen and oxygen atoms in total. The van der Waals surface area contributed by atoms with E-state index in [-0.39, 0.29) is 12.2 Å². The molecular weight excluding hydrogens is 462 g/mol. The van der Waals surface area contributed by atoms with Crippen LogP contribution in [0.25, 0.3) is 21.3 Å². The summed E-state index contributed by atoms with van der Waals surface area (Å²) in [5, 5.41) is 13.2. The molecular formula is C27H31N3O4S. The van der Waals surface area contributed by atoms with E-state index in [1.807, 2.05) is 66.9 Å². The highest BCUT2D eigenvalue weighted by molar-refractivity contribution is 7.17. The number of aromatic amines is 1. The molecule has 0 saturated carbocycles. The fourth-order valence-corrected chi connectivity index (χ4v) is 4.92. The number of aromatic nitrogens is 2. The molecule has 2 aromatic carbocycles. The van der Waals surface area contributed by atoms with Gasteiger partial charge >= 0.3 is 0 Å². The van der Waals surface area contributed by atoms with Crippen molar-refractivity contribution in [2.75, 3.05) is 33.4 Å². The van der Waals surface area contributed by atoms with Gasteiger partial charge in [0.1, 0.15) is 29.1 Å². The number of hydrogen-bond acceptors (Lipinski definition) is 7. The van der Waals surface area contributed by atoms with Gasteiger partial charge in [-0.2, -0.15) is 0 Å². The zero-order chi connectivity index (χ0) is 24.6. The van der Waals surface area contributed by atoms with E-state index in [4.69, 9.17) is 14.5 Å². The fourth-order valence-electron chi connectivity index (χ4n) is 3.95. The molecule has 0 amide bonds. The van der Waals surface area contributed by atoms with Gasteiger partial charge in [-0.15, -0.1) is 11.3 Å². The molecule has 0 saturated heterocycles. The molecule has 1 atom stereocenters. The highest BCUT2D eigenvalue weighted by Gasteiger charge is 2.17. The smallest absolute Gasteiger partial charge is 0.260 e. The lowest BCUT2D eigenvalue weighted by molar-refractivity contribution is 0.0609. The summed E-state index contributed by atoms with van der Waals surface area (Å²) >= 11 is 1.47. The quantitative estimate of drug-likeness (QED) is 0.287. The molecule has 2 aromatic heterocycles. The van der Waals surface area contributed by atoms with Crippen molar-refractivity contribution in [2.45, 2.75) is 26.0 Å². The predicted molar refractivity (Wildman–Crippen MR) is 140 cm³/mol. The Morgan fingerprint density at radius 1 is 1.14 bits per heavy atom. The van der Waals surface area contributed by atoms with Crippen molar-refractivity contribution in [1.82, 2.24) is 14.9 Å². The molecule has 0 bridgehead atoms. The highest BCUT2D eigenvalue weighted by Crippen LogP contribution is 2.30. The molecule has 0 unspecified atom stereocenters. The second-order valence-electron chi connectivity index (χ2n) is 8.57. The van der Waals surface area contributed by atoms with Gasteiger partial charge in [0.15, 0.2) is 0 Å². The van der Waals surface area contributed by atoms with Crippen molar-refractivity contribution in [2.24, 2.45) is 0 Å². The third kappa shape index (κ3) is 6.76. The van der Waals surface area contributed by atoms with E-state index < -0.39 is 6.10 Å². The number of fused-ring (bicyclic) bond motifs is 1. The highest BCUT2D eigenvalue weighted by atomic mass is 32.1. The van der Waals surface area contributed by atoms with Crippen LogP contribution >= 0.6 is 11.3 Å². The SMILES string of the molecule is COCCCN(Cc1nc2scc(-c3ccc(C)cc3)c2c(=O)[nH]1)C[C@@H](O)COc1ccccc1. The number of nitrogens with one attached hydrogen (secondary N) is 1. The van der Waals surface area contributed by atoms with Crippen LogP contribution in [-0.4, -0.2) is 59.5 Å². The summed E-state index contributed by atoms with van der Waals surface area (Å²) in [6.45, 7) is 4.32. The molecule has 0 aliphatic heterocycles. The Balaban J connectivity index is 1.48. The van der Waals surface area contributed by atoms with E-state index >= 15 is 0 Å². The average molecular weight is 494 g/mol. The van der Waals surface area contributed by atoms with Gasteiger partial charge in [-0.05, 0) is 31.0 Å². The minimum absolute atomic E-state index is 0.147. The molecule has 0 radical (unpaired) electrons. The normalized spacial score (nSPS) is 12.3. The Morgan fingerprint density at radius 2 is 1.91 bits per heavy atom. The van der Waals surface area contributed by atoms with Gasteiger partial charge in [-0.3, -0.25) is 9.69 Å². The Kier molecular flexibility index (Phi) is 8.65. The van der Waals surface area contributed by atoms with E-state index in [2.05, 4.69) is 9.88 Å². The maximum Gasteiger partial charge on any atom is 0.260 e. The molecule has 8 heteroatoms. The molecule has 0 spiro atoms. The summed E-state index contributed by atoms with van der Waals surface area (Å²) in [4.78, 5) is 23.5. The third-order valence-electron chi connectivity index (χ3n) is 5.71. The predicted octanol–water partition coefficient (Wildman–Crippen LogP) is 4.24. The van der Waals surface area contributed by atoms with Gasteiger partial charge in [0.2, 0.25) is 0 Å². The van der Waals surface area contributed by atoms with Crippen LogP contribution in [0.1, 0.15) is 17.8 Å². The topological polar surface area (TPSA) is 87.7 Å². The first-order chi connectivity index (χ1) is 17.0. The summed E-state index contributed by atoms with van der Waals surface area (Å²) < 4.78 is 10.9. The minimum atomic E-state index is -0.692. The van der Waals surface area contributed by atoms with Crippen LogP contribution in [0.15, 0.2) is 64.8 Å². The number of ether oxygens (including phenoxy) is 2. The number of aryl methyl sites for hydroxylation is 1. The van der Waals surface area contributed by atoms with Gasteiger partial charge < -0.3 is 19.6 Å². The molecule has 2 heterocycles. The lowest BCUT2D eigenvalue weighted by Crippen LogP contribution is -2.37. The summed E-state index contributed by atoms with van der Waals surface area (Å²) in [6.07, 6.45) is 0.106. The van der Waals surface area contributed by atoms with Gasteiger partial charge in [0.25, 0.3) is 5.56 Å². The van der Waals surface area contributed by atoms with Crippen molar-refractivity contribution >= 4 is 21.6 Å². The maximum absolute atomic E-state index is 13.0. The molecule has 184 valence electrons. The number of methoxy groups -OCH3 is 1. The summed E-state index contributed by atoms with van der Waals surface area (Å²) in [5.41, 5.74) is 2.93. The van der Waals surface area contributed by atoms with Crippen LogP contribution in [-0.2, 0) is 11.3 Å². The van der Waals surface area contributed by atoms with Crippen molar-refractivity contribution in [1.29, 1.82) is 0 Å². The van der Waals surface area contributed by atoms with Crippen LogP contribution in [0.3, 0.4) is 0 Å². The van der Waals surface area contributed by atoms with Crippen molar-refractivity contribution < 1.29 is 14.6 Å². The average Bonchev–Trinajstić information content (AvgIpc) is 3.28. The molecule has 4 rings (SSSR count). The van der Waals surface area contributed by atoms with Gasteiger partial charge in [-0.25, -0.2) is 4.98 Å². The van der Waals surface area contributed by atoms with Gasteiger partial charge in [0, 0.05) is 37.7 Å². The maximum atomic E-state index is 13.0. The minimum Gasteiger partial charge on any atom is -0.491 e. The van der Waals surface area contributed by atoms with Crippen molar-refractivity contribution in [3.8, 4) is 16.9 Å². The Hall–Kier alpha value is -3.04. The molecule has 35 heavy (non-hydrogen) atoms. The zero-order valence-electron chi connectivity index (χ0n) is 20.1. The Morgan fingerprint density at radius 3 is 2.66 bits per heavy atom. The zero-order valence-corrected chi connectivity index (χ0v) is 20.9. The number of rotatable bonds is 12. The lowest BCUT2D eigenvalue weighted by atomic mass is 10.1. The van der Waals surface area contributed by atoms with Gasteiger partial charge in [-0.1, -0.05) is 48.0 Å². The van der Waals surface area contributed by atoms with Crippen LogP contribution in [0, 0.1) is 6.92 Å². The number of aliphatic hydroxyl groups excluding tert-OH is 1. The molecule has 0 aliphatic carbocycles. The summed E-state index contributed by atoms with van der Waals surface area (Å²) in [5.74, 6) is 1.30. The second kappa shape index (κ2) is 12.1. The van der Waals surface area contributed by atoms with Crippen LogP contribution < -0.4 is 10.3 Å². The van der Waals surface area contributed by atoms with E-state index in [1.165, 1.54) is 16.9 Å². The largest absolute Gasteiger partial charge is 0.491 e. The Labute approximate surface area is 209 Å². The van der Waals surface area contributed by atoms with Crippen LogP contribution in [0.2, 0.25) is 0 Å². The number of thiophene rings is 1. The monoisotopic (exact) mass is 493 g/mol. The molecule has 0 aliphatic rings. The first kappa shape index (κ1) is 25.1. The Bertz CT molecular complexity index is 1270. The van der Waals surface area contributed by atoms with Crippen molar-refractivity contribution in [3.63, 3.8) is 0 Å². The number of aliphatic hydroxyl groups is 1. The lowest BCUT2D eigenvalue weighted by Gasteiger charge is -2.24. The van der Waals surface area contributed by atoms with Crippen LogP contribution in [0.5, 0.6) is 5.75 Å². The molecule has 2 N–H and O–H groups in total. The number of nitrogens with zero attached hydrogens (tertiary/aromatic N) is 2. The van der Waals surface area contributed by atoms with E-state index in [0.717, 1.165) is 23.3 Å². The standard InChI is InChI=1S/C27H31N3O4S/c1-19-9-11-20(12-10-19)23-18-35-27-25(23)26(32)28-24(29-27)16-30(13-6-14-33-2)15-21(31)17-34-22-7-4-3-5-8-22/h3-5,7-12,18,21,31H,6,13-17H2,1-2H3,(H,28,29,32)/t21-/m1/s1. The number of hydrogen-bond donors (Lipinski definition) is 2. The summed E-state index contributed by atoms with van der Waals surface area (Å²) in [7, 11) is 1.67. The number of H-pyrrole nitrogens is 1. The van der Waals surface area contributed by atoms with E-state index in [9.17, 15) is 9.90 Å². The number of para-hydroxylation sites is 1. The third-order valence-corrected chi connectivity index (χ3v) is 6.58. The van der Waals surface area contributed by atoms with E-state index in [0.29, 0.717) is 42.3 Å². The summed E-state index contributed by atoms with van der Waals surface area (Å²) in [6, 6.07) is 17.6. The fraction of sp³-hybridized carbons (Fsp3) is 0.333. The first-order valence-electron chi connectivity index (χ1n) is 11.7. The van der Waals surface area contributed by atoms with Crippen molar-refractivity contribution in [3.05, 3.63) is 81.7 Å². The van der Waals surface area contributed by atoms with Crippen LogP contribution in [0.4, 0.5) is 0 Å². The van der Waals surface area contributed by atoms with E-state index in [1.54, 1.807) is 7.11 Å².